The van der Waals surface area contributed by atoms with Crippen LogP contribution in [0.3, 0.4) is 0 Å². The number of halogens is 1. The summed E-state index contributed by atoms with van der Waals surface area (Å²) in [6.07, 6.45) is 0. The molecule has 1 aromatic carbocycles. The highest BCUT2D eigenvalue weighted by Crippen LogP contribution is 2.21. The molecular formula is C7H5FN2O. The van der Waals surface area contributed by atoms with Crippen molar-refractivity contribution in [2.45, 2.75) is 0 Å². The number of nitrogens with zero attached hydrogens (tertiary/aromatic N) is 1. The largest absolute Gasteiger partial charge is 0.367 e. The molecule has 1 heterocycles. The van der Waals surface area contributed by atoms with E-state index in [1.807, 2.05) is 0 Å². The van der Waals surface area contributed by atoms with Gasteiger partial charge in [-0.2, -0.15) is 0 Å². The van der Waals surface area contributed by atoms with Crippen LogP contribution in [0, 0.1) is 5.82 Å². The molecule has 0 saturated carbocycles. The second kappa shape index (κ2) is 1.95. The summed E-state index contributed by atoms with van der Waals surface area (Å²) in [5, 5.41) is 3.96. The number of rotatable bonds is 0. The van der Waals surface area contributed by atoms with E-state index in [1.165, 1.54) is 6.07 Å². The predicted octanol–water partition coefficient (Wildman–Crippen LogP) is 1.55. The summed E-state index contributed by atoms with van der Waals surface area (Å²) in [7, 11) is 0. The molecule has 0 aliphatic heterocycles. The Morgan fingerprint density at radius 2 is 2.27 bits per heavy atom. The van der Waals surface area contributed by atoms with E-state index in [0.717, 1.165) is 0 Å². The van der Waals surface area contributed by atoms with E-state index in [1.54, 1.807) is 12.1 Å². The highest BCUT2D eigenvalue weighted by atomic mass is 19.1. The molecule has 11 heavy (non-hydrogen) atoms. The highest BCUT2D eigenvalue weighted by molar-refractivity contribution is 5.87. The maximum absolute atomic E-state index is 12.8. The molecule has 0 unspecified atom stereocenters. The van der Waals surface area contributed by atoms with Gasteiger partial charge in [-0.15, -0.1) is 0 Å². The molecule has 2 rings (SSSR count). The monoisotopic (exact) mass is 152 g/mol. The van der Waals surface area contributed by atoms with Crippen LogP contribution in [0.25, 0.3) is 10.9 Å². The molecule has 4 heteroatoms. The van der Waals surface area contributed by atoms with Gasteiger partial charge < -0.3 is 10.3 Å². The van der Waals surface area contributed by atoms with E-state index in [4.69, 9.17) is 5.73 Å². The normalized spacial score (nSPS) is 10.6. The van der Waals surface area contributed by atoms with E-state index < -0.39 is 5.82 Å². The predicted molar refractivity (Wildman–Crippen MR) is 38.4 cm³/mol. The lowest BCUT2D eigenvalue weighted by Gasteiger charge is -1.86. The van der Waals surface area contributed by atoms with Crippen molar-refractivity contribution in [3.8, 4) is 0 Å². The number of hydrogen-bond donors (Lipinski definition) is 1. The van der Waals surface area contributed by atoms with Crippen molar-refractivity contribution in [3.63, 3.8) is 0 Å². The number of nitrogen functional groups attached to an aromatic ring is 1. The zero-order valence-electron chi connectivity index (χ0n) is 5.54. The average molecular weight is 152 g/mol. The van der Waals surface area contributed by atoms with E-state index in [2.05, 4.69) is 9.68 Å². The molecule has 2 N–H and O–H groups in total. The van der Waals surface area contributed by atoms with Crippen molar-refractivity contribution in [2.24, 2.45) is 0 Å². The van der Waals surface area contributed by atoms with Gasteiger partial charge in [-0.25, -0.2) is 4.39 Å². The van der Waals surface area contributed by atoms with Crippen LogP contribution in [-0.4, -0.2) is 5.16 Å². The Labute approximate surface area is 61.6 Å². The van der Waals surface area contributed by atoms with Crippen molar-refractivity contribution in [3.05, 3.63) is 24.0 Å². The third-order valence-corrected chi connectivity index (χ3v) is 1.49. The molecule has 0 aliphatic carbocycles. The van der Waals surface area contributed by atoms with E-state index in [0.29, 0.717) is 5.39 Å². The summed E-state index contributed by atoms with van der Waals surface area (Å²) in [5.74, 6) is -0.262. The molecule has 0 bridgehead atoms. The van der Waals surface area contributed by atoms with Crippen molar-refractivity contribution in [2.75, 3.05) is 5.73 Å². The zero-order valence-corrected chi connectivity index (χ0v) is 5.54. The first-order valence-corrected chi connectivity index (χ1v) is 3.08. The molecule has 0 fully saturated rings. The van der Waals surface area contributed by atoms with Gasteiger partial charge in [0.15, 0.2) is 11.3 Å². The van der Waals surface area contributed by atoms with Gasteiger partial charge in [-0.1, -0.05) is 11.2 Å². The summed E-state index contributed by atoms with van der Waals surface area (Å²) < 4.78 is 17.4. The Morgan fingerprint density at radius 1 is 1.45 bits per heavy atom. The van der Waals surface area contributed by atoms with E-state index in [9.17, 15) is 4.39 Å². The van der Waals surface area contributed by atoms with Crippen LogP contribution < -0.4 is 5.73 Å². The van der Waals surface area contributed by atoms with Crippen LogP contribution in [0.4, 0.5) is 10.3 Å². The zero-order chi connectivity index (χ0) is 7.84. The van der Waals surface area contributed by atoms with Gasteiger partial charge in [-0.3, -0.25) is 0 Å². The van der Waals surface area contributed by atoms with Crippen LogP contribution in [0.15, 0.2) is 22.7 Å². The molecule has 0 aliphatic rings. The number of hydrogen-bond acceptors (Lipinski definition) is 3. The van der Waals surface area contributed by atoms with Crippen molar-refractivity contribution >= 4 is 16.8 Å². The minimum atomic E-state index is -0.414. The SMILES string of the molecule is Nc1onc2c(F)cccc12. The van der Waals surface area contributed by atoms with E-state index >= 15 is 0 Å². The Hall–Kier alpha value is -1.58. The van der Waals surface area contributed by atoms with Crippen molar-refractivity contribution < 1.29 is 8.91 Å². The van der Waals surface area contributed by atoms with Crippen LogP contribution >= 0.6 is 0 Å². The average Bonchev–Trinajstić information content (AvgIpc) is 2.35. The lowest BCUT2D eigenvalue weighted by molar-refractivity contribution is 0.442. The van der Waals surface area contributed by atoms with Crippen LogP contribution in [-0.2, 0) is 0 Å². The second-order valence-corrected chi connectivity index (χ2v) is 2.18. The fourth-order valence-corrected chi connectivity index (χ4v) is 0.951. The van der Waals surface area contributed by atoms with Gasteiger partial charge in [0.1, 0.15) is 0 Å². The molecule has 0 saturated heterocycles. The lowest BCUT2D eigenvalue weighted by atomic mass is 10.2. The van der Waals surface area contributed by atoms with Gasteiger partial charge in [0.05, 0.1) is 5.39 Å². The maximum Gasteiger partial charge on any atom is 0.230 e. The number of nitrogens with two attached hydrogens (primary N) is 1. The van der Waals surface area contributed by atoms with Crippen molar-refractivity contribution in [1.29, 1.82) is 0 Å². The summed E-state index contributed by atoms with van der Waals surface area (Å²) >= 11 is 0. The van der Waals surface area contributed by atoms with Crippen LogP contribution in [0.5, 0.6) is 0 Å². The van der Waals surface area contributed by atoms with Gasteiger partial charge >= 0.3 is 0 Å². The molecule has 1 aromatic heterocycles. The smallest absolute Gasteiger partial charge is 0.230 e. The number of aromatic nitrogens is 1. The molecule has 0 atom stereocenters. The van der Waals surface area contributed by atoms with Gasteiger partial charge in [0, 0.05) is 0 Å². The molecule has 0 radical (unpaired) electrons. The first-order chi connectivity index (χ1) is 5.29. The van der Waals surface area contributed by atoms with Crippen LogP contribution in [0.1, 0.15) is 0 Å². The fraction of sp³-hybridized carbons (Fsp3) is 0. The minimum absolute atomic E-state index is 0.152. The Morgan fingerprint density at radius 3 is 3.00 bits per heavy atom. The lowest BCUT2D eigenvalue weighted by Crippen LogP contribution is -1.80. The van der Waals surface area contributed by atoms with Gasteiger partial charge in [0.2, 0.25) is 5.88 Å². The molecule has 3 nitrogen and oxygen atoms in total. The molecular weight excluding hydrogens is 147 g/mol. The highest BCUT2D eigenvalue weighted by Gasteiger charge is 2.07. The van der Waals surface area contributed by atoms with Gasteiger partial charge in [-0.05, 0) is 12.1 Å². The molecule has 56 valence electrons. The maximum atomic E-state index is 12.8. The van der Waals surface area contributed by atoms with Gasteiger partial charge in [0.25, 0.3) is 0 Å². The fourth-order valence-electron chi connectivity index (χ4n) is 0.951. The van der Waals surface area contributed by atoms with Crippen LogP contribution in [0.2, 0.25) is 0 Å². The standard InChI is InChI=1S/C7H5FN2O/c8-5-3-1-2-4-6(5)10-11-7(4)9/h1-3H,9H2. The Balaban J connectivity index is 2.94. The summed E-state index contributed by atoms with van der Waals surface area (Å²) in [6.45, 7) is 0. The third-order valence-electron chi connectivity index (χ3n) is 1.49. The number of benzene rings is 1. The summed E-state index contributed by atoms with van der Waals surface area (Å²) in [5.41, 5.74) is 5.53. The number of anilines is 1. The van der Waals surface area contributed by atoms with E-state index in [-0.39, 0.29) is 11.4 Å². The number of fused-ring (bicyclic) bond motifs is 1. The second-order valence-electron chi connectivity index (χ2n) is 2.18. The Kier molecular flexibility index (Phi) is 1.09. The molecule has 2 aromatic rings. The molecule has 0 spiro atoms. The minimum Gasteiger partial charge on any atom is -0.367 e. The molecule has 0 amide bonds. The third kappa shape index (κ3) is 0.756. The van der Waals surface area contributed by atoms with Crippen molar-refractivity contribution in [1.82, 2.24) is 5.16 Å². The first kappa shape index (κ1) is 6.15. The first-order valence-electron chi connectivity index (χ1n) is 3.08. The summed E-state index contributed by atoms with van der Waals surface area (Å²) in [4.78, 5) is 0. The summed E-state index contributed by atoms with van der Waals surface area (Å²) in [6, 6.07) is 4.53. The Bertz CT molecular complexity index is 396. The topological polar surface area (TPSA) is 52.0 Å². The quantitative estimate of drug-likeness (QED) is 0.623.